The van der Waals surface area contributed by atoms with Gasteiger partial charge in [-0.1, -0.05) is 30.7 Å². The van der Waals surface area contributed by atoms with E-state index in [1.807, 2.05) is 39.0 Å². The van der Waals surface area contributed by atoms with Crippen LogP contribution in [0.2, 0.25) is 5.15 Å². The van der Waals surface area contributed by atoms with Crippen LogP contribution in [0.25, 0.3) is 5.69 Å². The van der Waals surface area contributed by atoms with Crippen molar-refractivity contribution in [2.45, 2.75) is 33.8 Å². The molecule has 0 spiro atoms. The molecule has 0 saturated carbocycles. The first-order valence-corrected chi connectivity index (χ1v) is 9.72. The van der Waals surface area contributed by atoms with Crippen molar-refractivity contribution in [2.24, 2.45) is 17.3 Å². The van der Waals surface area contributed by atoms with Crippen LogP contribution in [-0.2, 0) is 18.4 Å². The smallest absolute Gasteiger partial charge is 0.368 e. The van der Waals surface area contributed by atoms with Crippen molar-refractivity contribution in [1.82, 2.24) is 24.8 Å². The van der Waals surface area contributed by atoms with Crippen LogP contribution in [0.1, 0.15) is 37.0 Å². The lowest BCUT2D eigenvalue weighted by Crippen LogP contribution is -2.23. The molecule has 10 heteroatoms. The van der Waals surface area contributed by atoms with Crippen molar-refractivity contribution in [1.29, 1.82) is 0 Å². The molecule has 0 N–H and O–H groups in total. The van der Waals surface area contributed by atoms with Gasteiger partial charge in [0.2, 0.25) is 5.90 Å². The molecule has 0 aliphatic carbocycles. The molecule has 0 bridgehead atoms. The number of ether oxygens (including phenoxy) is 1. The molecule has 0 unspecified atom stereocenters. The van der Waals surface area contributed by atoms with Gasteiger partial charge in [0, 0.05) is 30.8 Å². The zero-order valence-electron chi connectivity index (χ0n) is 17.2. The Morgan fingerprint density at radius 3 is 2.63 bits per heavy atom. The highest BCUT2D eigenvalue weighted by Gasteiger charge is 2.14. The summed E-state index contributed by atoms with van der Waals surface area (Å²) in [6, 6.07) is 9.14. The predicted molar refractivity (Wildman–Crippen MR) is 115 cm³/mol. The van der Waals surface area contributed by atoms with E-state index in [-0.39, 0.29) is 12.3 Å². The number of tetrazole rings is 1. The molecular weight excluding hydrogens is 406 g/mol. The van der Waals surface area contributed by atoms with E-state index in [1.54, 1.807) is 25.4 Å². The van der Waals surface area contributed by atoms with Gasteiger partial charge < -0.3 is 4.74 Å². The van der Waals surface area contributed by atoms with Crippen LogP contribution in [0.5, 0.6) is 0 Å². The van der Waals surface area contributed by atoms with Crippen molar-refractivity contribution in [3.8, 4) is 5.69 Å². The topological polar surface area (TPSA) is 99.5 Å². The lowest BCUT2D eigenvalue weighted by atomic mass is 10.1. The Balaban J connectivity index is 1.82. The summed E-state index contributed by atoms with van der Waals surface area (Å²) in [6.45, 7) is 5.93. The van der Waals surface area contributed by atoms with E-state index in [0.29, 0.717) is 28.9 Å². The highest BCUT2D eigenvalue weighted by Crippen LogP contribution is 2.18. The second-order valence-corrected chi connectivity index (χ2v) is 6.95. The van der Waals surface area contributed by atoms with Crippen LogP contribution in [0, 0.1) is 6.92 Å². The van der Waals surface area contributed by atoms with Gasteiger partial charge in [0.1, 0.15) is 11.8 Å². The molecule has 0 fully saturated rings. The minimum atomic E-state index is -0.331. The highest BCUT2D eigenvalue weighted by molar-refractivity contribution is 6.29. The molecule has 3 rings (SSSR count). The molecule has 0 atom stereocenters. The highest BCUT2D eigenvalue weighted by atomic mass is 35.5. The van der Waals surface area contributed by atoms with Crippen LogP contribution < -0.4 is 5.69 Å². The first-order chi connectivity index (χ1) is 14.4. The van der Waals surface area contributed by atoms with Crippen LogP contribution in [0.3, 0.4) is 0 Å². The maximum atomic E-state index is 12.3. The number of nitrogens with zero attached hydrogens (tertiary/aromatic N) is 7. The molecule has 0 aliphatic rings. The summed E-state index contributed by atoms with van der Waals surface area (Å²) < 4.78 is 8.34. The van der Waals surface area contributed by atoms with Crippen LogP contribution in [0.4, 0.5) is 0 Å². The normalized spacial score (nSPS) is 12.3. The average Bonchev–Trinajstić information content (AvgIpc) is 3.07. The van der Waals surface area contributed by atoms with E-state index < -0.39 is 0 Å². The molecule has 2 aromatic heterocycles. The van der Waals surface area contributed by atoms with E-state index in [4.69, 9.17) is 16.3 Å². The fourth-order valence-electron chi connectivity index (χ4n) is 2.67. The predicted octanol–water partition coefficient (Wildman–Crippen LogP) is 3.07. The number of rotatable bonds is 6. The largest absolute Gasteiger partial charge is 0.475 e. The Kier molecular flexibility index (Phi) is 6.73. The minimum absolute atomic E-state index is 0.217. The molecule has 2 heterocycles. The summed E-state index contributed by atoms with van der Waals surface area (Å²) >= 11 is 5.82. The van der Waals surface area contributed by atoms with Crippen molar-refractivity contribution in [2.75, 3.05) is 0 Å². The first-order valence-electron chi connectivity index (χ1n) is 9.34. The van der Waals surface area contributed by atoms with Crippen molar-refractivity contribution in [3.63, 3.8) is 0 Å². The van der Waals surface area contributed by atoms with Gasteiger partial charge in [-0.25, -0.2) is 9.78 Å². The molecule has 1 aromatic carbocycles. The molecule has 0 amide bonds. The van der Waals surface area contributed by atoms with E-state index in [2.05, 4.69) is 25.6 Å². The van der Waals surface area contributed by atoms with Gasteiger partial charge in [-0.2, -0.15) is 14.5 Å². The number of halogens is 1. The van der Waals surface area contributed by atoms with Gasteiger partial charge in [0.05, 0.1) is 11.4 Å². The zero-order chi connectivity index (χ0) is 21.7. The van der Waals surface area contributed by atoms with Gasteiger partial charge in [0.15, 0.2) is 0 Å². The monoisotopic (exact) mass is 427 g/mol. The fourth-order valence-corrected chi connectivity index (χ4v) is 2.79. The van der Waals surface area contributed by atoms with Gasteiger partial charge in [0.25, 0.3) is 0 Å². The van der Waals surface area contributed by atoms with Gasteiger partial charge in [-0.3, -0.25) is 0 Å². The SMILES string of the molecule is CCC(=NN=C(C)c1ccc(Cl)nc1)OCc1c(C)cccc1-n1nnn(C)c1=O. The molecule has 0 saturated heterocycles. The van der Waals surface area contributed by atoms with E-state index in [0.717, 1.165) is 16.7 Å². The summed E-state index contributed by atoms with van der Waals surface area (Å²) in [4.78, 5) is 16.3. The third kappa shape index (κ3) is 4.80. The third-order valence-electron chi connectivity index (χ3n) is 4.48. The van der Waals surface area contributed by atoms with Gasteiger partial charge in [-0.05, 0) is 48.0 Å². The number of hydrogen-bond acceptors (Lipinski definition) is 7. The Labute approximate surface area is 178 Å². The second-order valence-electron chi connectivity index (χ2n) is 6.56. The van der Waals surface area contributed by atoms with E-state index >= 15 is 0 Å². The fraction of sp³-hybridized carbons (Fsp3) is 0.300. The summed E-state index contributed by atoms with van der Waals surface area (Å²) in [5.74, 6) is 0.469. The third-order valence-corrected chi connectivity index (χ3v) is 4.70. The Morgan fingerprint density at radius 2 is 2.00 bits per heavy atom. The quantitative estimate of drug-likeness (QED) is 0.260. The van der Waals surface area contributed by atoms with Crippen LogP contribution >= 0.6 is 11.6 Å². The van der Waals surface area contributed by atoms with Gasteiger partial charge >= 0.3 is 5.69 Å². The van der Waals surface area contributed by atoms with Crippen molar-refractivity contribution < 1.29 is 4.74 Å². The maximum Gasteiger partial charge on any atom is 0.368 e. The minimum Gasteiger partial charge on any atom is -0.475 e. The second kappa shape index (κ2) is 9.45. The molecule has 156 valence electrons. The number of aryl methyl sites for hydroxylation is 2. The molecular formula is C20H22ClN7O2. The lowest BCUT2D eigenvalue weighted by molar-refractivity contribution is 0.282. The number of aromatic nitrogens is 5. The Hall–Kier alpha value is -3.33. The summed E-state index contributed by atoms with van der Waals surface area (Å²) in [6.07, 6.45) is 2.20. The molecule has 0 aliphatic heterocycles. The summed E-state index contributed by atoms with van der Waals surface area (Å²) in [5.41, 5.74) is 3.59. The Morgan fingerprint density at radius 1 is 1.20 bits per heavy atom. The average molecular weight is 428 g/mol. The lowest BCUT2D eigenvalue weighted by Gasteiger charge is -2.13. The van der Waals surface area contributed by atoms with Crippen molar-refractivity contribution >= 4 is 23.2 Å². The summed E-state index contributed by atoms with van der Waals surface area (Å²) in [7, 11) is 1.55. The number of hydrogen-bond donors (Lipinski definition) is 0. The van der Waals surface area contributed by atoms with Crippen LogP contribution in [-0.4, -0.2) is 36.4 Å². The van der Waals surface area contributed by atoms with E-state index in [9.17, 15) is 4.79 Å². The van der Waals surface area contributed by atoms with Crippen molar-refractivity contribution in [3.05, 3.63) is 68.9 Å². The molecule has 0 radical (unpaired) electrons. The molecule has 30 heavy (non-hydrogen) atoms. The molecule has 9 nitrogen and oxygen atoms in total. The maximum absolute atomic E-state index is 12.3. The number of benzene rings is 1. The van der Waals surface area contributed by atoms with Gasteiger partial charge in [-0.15, -0.1) is 5.10 Å². The number of pyridine rings is 1. The first kappa shape index (κ1) is 21.4. The summed E-state index contributed by atoms with van der Waals surface area (Å²) in [5, 5.41) is 16.6. The molecule has 3 aromatic rings. The van der Waals surface area contributed by atoms with E-state index in [1.165, 1.54) is 9.36 Å². The standard InChI is InChI=1S/C20H22ClN7O2/c1-5-19(24-23-14(3)15-9-10-18(21)22-11-15)30-12-16-13(2)7-6-8-17(16)28-20(29)27(4)25-26-28/h6-11H,5,12H2,1-4H3. The zero-order valence-corrected chi connectivity index (χ0v) is 18.0. The van der Waals surface area contributed by atoms with Crippen LogP contribution in [0.15, 0.2) is 51.5 Å². The Bertz CT molecular complexity index is 1150.